The van der Waals surface area contributed by atoms with Gasteiger partial charge in [-0.05, 0) is 43.8 Å². The Morgan fingerprint density at radius 3 is 2.73 bits per heavy atom. The van der Waals surface area contributed by atoms with E-state index in [1.165, 1.54) is 37.9 Å². The molecule has 1 nitrogen and oxygen atoms in total. The third-order valence-corrected chi connectivity index (χ3v) is 5.71. The monoisotopic (exact) mass is 227 g/mol. The van der Waals surface area contributed by atoms with Crippen LogP contribution in [0, 0.1) is 5.41 Å². The zero-order chi connectivity index (χ0) is 10.9. The Morgan fingerprint density at radius 2 is 2.13 bits per heavy atom. The fourth-order valence-corrected chi connectivity index (χ4v) is 3.89. The molecule has 0 heterocycles. The van der Waals surface area contributed by atoms with Crippen LogP contribution in [0.3, 0.4) is 0 Å². The van der Waals surface area contributed by atoms with E-state index in [1.54, 1.807) is 0 Å². The number of hydrogen-bond acceptors (Lipinski definition) is 2. The first kappa shape index (κ1) is 11.8. The second-order valence-electron chi connectivity index (χ2n) is 5.57. The van der Waals surface area contributed by atoms with Crippen molar-refractivity contribution in [1.82, 2.24) is 5.32 Å². The van der Waals surface area contributed by atoms with E-state index in [9.17, 15) is 0 Å². The van der Waals surface area contributed by atoms with E-state index in [1.807, 2.05) is 0 Å². The van der Waals surface area contributed by atoms with Crippen LogP contribution in [0.5, 0.6) is 0 Å². The lowest BCUT2D eigenvalue weighted by molar-refractivity contribution is 0.342. The fraction of sp³-hybridized carbons (Fsp3) is 1.00. The fourth-order valence-electron chi connectivity index (χ4n) is 2.68. The van der Waals surface area contributed by atoms with Crippen LogP contribution in [0.15, 0.2) is 0 Å². The first-order valence-corrected chi connectivity index (χ1v) is 7.58. The number of rotatable bonds is 5. The van der Waals surface area contributed by atoms with Crippen LogP contribution in [0.1, 0.15) is 52.9 Å². The van der Waals surface area contributed by atoms with Gasteiger partial charge in [-0.3, -0.25) is 0 Å². The smallest absolute Gasteiger partial charge is 0.0201 e. The van der Waals surface area contributed by atoms with Crippen molar-refractivity contribution in [2.75, 3.05) is 5.75 Å². The molecule has 0 amide bonds. The van der Waals surface area contributed by atoms with Crippen molar-refractivity contribution in [2.45, 2.75) is 70.2 Å². The summed E-state index contributed by atoms with van der Waals surface area (Å²) in [5.41, 5.74) is 0.629. The molecule has 0 aromatic heterocycles. The number of hydrogen-bond donors (Lipinski definition) is 1. The molecule has 3 atom stereocenters. The Balaban J connectivity index is 1.82. The topological polar surface area (TPSA) is 12.0 Å². The quantitative estimate of drug-likeness (QED) is 0.772. The van der Waals surface area contributed by atoms with E-state index in [4.69, 9.17) is 0 Å². The van der Waals surface area contributed by atoms with Gasteiger partial charge < -0.3 is 5.32 Å². The summed E-state index contributed by atoms with van der Waals surface area (Å²) in [5.74, 6) is 1.27. The standard InChI is InChI=1S/C13H25NS/c1-4-15-12-7-5-6-11(12)14-10(2)13(3)8-9-13/h10-12,14H,4-9H2,1-3H3. The first-order chi connectivity index (χ1) is 7.15. The van der Waals surface area contributed by atoms with Crippen molar-refractivity contribution in [3.8, 4) is 0 Å². The van der Waals surface area contributed by atoms with Crippen molar-refractivity contribution in [3.05, 3.63) is 0 Å². The summed E-state index contributed by atoms with van der Waals surface area (Å²) in [6, 6.07) is 1.52. The zero-order valence-electron chi connectivity index (χ0n) is 10.4. The normalized spacial score (nSPS) is 35.4. The van der Waals surface area contributed by atoms with Crippen LogP contribution in [0.4, 0.5) is 0 Å². The van der Waals surface area contributed by atoms with Gasteiger partial charge in [-0.25, -0.2) is 0 Å². The Labute approximate surface area is 98.8 Å². The summed E-state index contributed by atoms with van der Waals surface area (Å²) < 4.78 is 0. The molecule has 0 saturated heterocycles. The van der Waals surface area contributed by atoms with Gasteiger partial charge in [0.2, 0.25) is 0 Å². The lowest BCUT2D eigenvalue weighted by atomic mass is 9.99. The molecular weight excluding hydrogens is 202 g/mol. The molecule has 0 aliphatic heterocycles. The van der Waals surface area contributed by atoms with Gasteiger partial charge >= 0.3 is 0 Å². The summed E-state index contributed by atoms with van der Waals surface area (Å²) >= 11 is 2.16. The highest BCUT2D eigenvalue weighted by Gasteiger charge is 2.43. The van der Waals surface area contributed by atoms with E-state index in [0.717, 1.165) is 17.3 Å². The molecule has 0 aromatic carbocycles. The maximum absolute atomic E-state index is 3.90. The van der Waals surface area contributed by atoms with Gasteiger partial charge in [0, 0.05) is 17.3 Å². The van der Waals surface area contributed by atoms with Crippen molar-refractivity contribution in [2.24, 2.45) is 5.41 Å². The highest BCUT2D eigenvalue weighted by Crippen LogP contribution is 2.48. The molecule has 2 saturated carbocycles. The minimum atomic E-state index is 0.629. The zero-order valence-corrected chi connectivity index (χ0v) is 11.2. The van der Waals surface area contributed by atoms with Crippen LogP contribution >= 0.6 is 11.8 Å². The van der Waals surface area contributed by atoms with E-state index in [-0.39, 0.29) is 0 Å². The van der Waals surface area contributed by atoms with Gasteiger partial charge in [0.15, 0.2) is 0 Å². The molecule has 3 unspecified atom stereocenters. The van der Waals surface area contributed by atoms with E-state index >= 15 is 0 Å². The summed E-state index contributed by atoms with van der Waals surface area (Å²) in [4.78, 5) is 0. The number of nitrogens with one attached hydrogen (secondary N) is 1. The van der Waals surface area contributed by atoms with E-state index < -0.39 is 0 Å². The molecule has 0 aromatic rings. The molecule has 2 fully saturated rings. The Hall–Kier alpha value is 0.310. The van der Waals surface area contributed by atoms with Crippen molar-refractivity contribution in [3.63, 3.8) is 0 Å². The Bertz CT molecular complexity index is 213. The molecule has 2 aliphatic carbocycles. The van der Waals surface area contributed by atoms with Crippen molar-refractivity contribution >= 4 is 11.8 Å². The lowest BCUT2D eigenvalue weighted by Crippen LogP contribution is -2.43. The molecule has 2 rings (SSSR count). The lowest BCUT2D eigenvalue weighted by Gasteiger charge is -2.28. The summed E-state index contributed by atoms with van der Waals surface area (Å²) in [6.07, 6.45) is 7.12. The van der Waals surface area contributed by atoms with Crippen LogP contribution in [0.25, 0.3) is 0 Å². The molecule has 0 spiro atoms. The second-order valence-corrected chi connectivity index (χ2v) is 7.09. The average Bonchev–Trinajstić information content (AvgIpc) is 2.81. The van der Waals surface area contributed by atoms with Gasteiger partial charge in [0.05, 0.1) is 0 Å². The molecule has 0 radical (unpaired) electrons. The summed E-state index contributed by atoms with van der Waals surface area (Å²) in [7, 11) is 0. The van der Waals surface area contributed by atoms with Gasteiger partial charge in [-0.15, -0.1) is 0 Å². The summed E-state index contributed by atoms with van der Waals surface area (Å²) in [6.45, 7) is 7.10. The molecule has 88 valence electrons. The van der Waals surface area contributed by atoms with Crippen molar-refractivity contribution < 1.29 is 0 Å². The highest BCUT2D eigenvalue weighted by molar-refractivity contribution is 7.99. The van der Waals surface area contributed by atoms with E-state index in [2.05, 4.69) is 37.8 Å². The Morgan fingerprint density at radius 1 is 1.40 bits per heavy atom. The minimum Gasteiger partial charge on any atom is -0.310 e. The van der Waals surface area contributed by atoms with Crippen LogP contribution in [-0.4, -0.2) is 23.1 Å². The Kier molecular flexibility index (Phi) is 3.67. The van der Waals surface area contributed by atoms with Gasteiger partial charge in [0.25, 0.3) is 0 Å². The van der Waals surface area contributed by atoms with Gasteiger partial charge in [-0.2, -0.15) is 11.8 Å². The van der Waals surface area contributed by atoms with Gasteiger partial charge in [-0.1, -0.05) is 20.3 Å². The minimum absolute atomic E-state index is 0.629. The largest absolute Gasteiger partial charge is 0.310 e. The molecule has 0 bridgehead atoms. The van der Waals surface area contributed by atoms with Gasteiger partial charge in [0.1, 0.15) is 0 Å². The predicted molar refractivity (Wildman–Crippen MR) is 69.5 cm³/mol. The van der Waals surface area contributed by atoms with Crippen LogP contribution in [0.2, 0.25) is 0 Å². The average molecular weight is 227 g/mol. The van der Waals surface area contributed by atoms with Crippen LogP contribution < -0.4 is 5.32 Å². The molecule has 2 heteroatoms. The SMILES string of the molecule is CCSC1CCCC1NC(C)C1(C)CC1. The molecule has 1 N–H and O–H groups in total. The maximum Gasteiger partial charge on any atom is 0.0201 e. The predicted octanol–water partition coefficient (Wildman–Crippen LogP) is 3.44. The van der Waals surface area contributed by atoms with Crippen LogP contribution in [-0.2, 0) is 0 Å². The maximum atomic E-state index is 3.90. The second kappa shape index (κ2) is 4.67. The van der Waals surface area contributed by atoms with E-state index in [0.29, 0.717) is 5.41 Å². The first-order valence-electron chi connectivity index (χ1n) is 6.53. The molecular formula is C13H25NS. The summed E-state index contributed by atoms with van der Waals surface area (Å²) in [5, 5.41) is 4.78. The number of thioether (sulfide) groups is 1. The molecule has 2 aliphatic rings. The third kappa shape index (κ3) is 2.71. The highest BCUT2D eigenvalue weighted by atomic mass is 32.2. The molecule has 15 heavy (non-hydrogen) atoms. The third-order valence-electron chi connectivity index (χ3n) is 4.38. The van der Waals surface area contributed by atoms with Crippen molar-refractivity contribution in [1.29, 1.82) is 0 Å².